The van der Waals surface area contributed by atoms with Gasteiger partial charge < -0.3 is 30.7 Å². The highest BCUT2D eigenvalue weighted by Gasteiger charge is 2.38. The van der Waals surface area contributed by atoms with Gasteiger partial charge in [0.25, 0.3) is 0 Å². The molecule has 170 valence electrons. The van der Waals surface area contributed by atoms with Crippen LogP contribution in [0.1, 0.15) is 25.7 Å². The van der Waals surface area contributed by atoms with Crippen molar-refractivity contribution in [3.8, 4) is 0 Å². The zero-order valence-electron chi connectivity index (χ0n) is 17.3. The van der Waals surface area contributed by atoms with Gasteiger partial charge in [-0.2, -0.15) is 0 Å². The molecule has 4 N–H and O–H groups in total. The van der Waals surface area contributed by atoms with Gasteiger partial charge in [0.2, 0.25) is 11.8 Å². The summed E-state index contributed by atoms with van der Waals surface area (Å²) in [7, 11) is 5.30. The summed E-state index contributed by atoms with van der Waals surface area (Å²) in [5, 5.41) is 0. The van der Waals surface area contributed by atoms with Gasteiger partial charge in [-0.1, -0.05) is 21.6 Å². The van der Waals surface area contributed by atoms with Gasteiger partial charge in [-0.25, -0.2) is 9.59 Å². The second-order valence-electron chi connectivity index (χ2n) is 7.21. The van der Waals surface area contributed by atoms with Crippen LogP contribution in [0.25, 0.3) is 0 Å². The Morgan fingerprint density at radius 3 is 1.53 bits per heavy atom. The lowest BCUT2D eigenvalue weighted by Crippen LogP contribution is -2.50. The summed E-state index contributed by atoms with van der Waals surface area (Å²) in [6.07, 6.45) is 2.63. The summed E-state index contributed by atoms with van der Waals surface area (Å²) in [5.74, 6) is -0.769. The highest BCUT2D eigenvalue weighted by Crippen LogP contribution is 2.26. The third-order valence-corrected chi connectivity index (χ3v) is 7.70. The number of hydrogen-bond donors (Lipinski definition) is 2. The van der Waals surface area contributed by atoms with Crippen LogP contribution < -0.4 is 11.5 Å². The van der Waals surface area contributed by atoms with E-state index in [2.05, 4.69) is 0 Å². The molecule has 0 aromatic heterocycles. The van der Waals surface area contributed by atoms with Crippen LogP contribution in [0.5, 0.6) is 0 Å². The van der Waals surface area contributed by atoms with Gasteiger partial charge in [0.15, 0.2) is 0 Å². The molecule has 4 atom stereocenters. The minimum atomic E-state index is -0.762. The second-order valence-corrected chi connectivity index (χ2v) is 9.76. The van der Waals surface area contributed by atoms with Crippen LogP contribution in [-0.4, -0.2) is 96.5 Å². The Morgan fingerprint density at radius 2 is 1.20 bits per heavy atom. The summed E-state index contributed by atoms with van der Waals surface area (Å²) < 4.78 is 9.50. The van der Waals surface area contributed by atoms with Crippen molar-refractivity contribution in [3.05, 3.63) is 0 Å². The normalized spacial score (nSPS) is 23.2. The van der Waals surface area contributed by atoms with Crippen molar-refractivity contribution >= 4 is 45.3 Å². The minimum Gasteiger partial charge on any atom is -0.467 e. The highest BCUT2D eigenvalue weighted by atomic mass is 33.1. The first kappa shape index (κ1) is 24.8. The standard InChI is InChI=1S/C18H30N4O6S2/c1-27-17(25)13-5-3-7-21(13)15(23)11(19)9-29-30-10-12(20)16(24)22-8-4-6-14(22)18(26)28-2/h11-14H,3-10,19-20H2,1-2H3/t11-,12-,13-,14-/m0/s1. The Morgan fingerprint density at radius 1 is 0.833 bits per heavy atom. The first-order chi connectivity index (χ1) is 14.3. The van der Waals surface area contributed by atoms with Crippen LogP contribution in [-0.2, 0) is 28.7 Å². The molecular formula is C18H30N4O6S2. The van der Waals surface area contributed by atoms with Crippen molar-refractivity contribution in [2.45, 2.75) is 49.9 Å². The average Bonchev–Trinajstić information content (AvgIpc) is 3.43. The van der Waals surface area contributed by atoms with Crippen LogP contribution in [0.2, 0.25) is 0 Å². The maximum absolute atomic E-state index is 12.6. The molecule has 2 rings (SSSR count). The van der Waals surface area contributed by atoms with Crippen molar-refractivity contribution in [3.63, 3.8) is 0 Å². The molecule has 30 heavy (non-hydrogen) atoms. The fraction of sp³-hybridized carbons (Fsp3) is 0.778. The fourth-order valence-corrected chi connectivity index (χ4v) is 5.86. The van der Waals surface area contributed by atoms with Gasteiger partial charge in [-0.05, 0) is 25.7 Å². The topological polar surface area (TPSA) is 145 Å². The molecule has 10 nitrogen and oxygen atoms in total. The van der Waals surface area contributed by atoms with E-state index in [0.29, 0.717) is 37.4 Å². The lowest BCUT2D eigenvalue weighted by atomic mass is 10.2. The van der Waals surface area contributed by atoms with Crippen molar-refractivity contribution in [1.29, 1.82) is 0 Å². The van der Waals surface area contributed by atoms with Crippen molar-refractivity contribution in [2.24, 2.45) is 11.5 Å². The molecule has 0 radical (unpaired) electrons. The predicted octanol–water partition coefficient (Wildman–Crippen LogP) is -0.650. The summed E-state index contributed by atoms with van der Waals surface area (Å²) in [5.41, 5.74) is 12.0. The summed E-state index contributed by atoms with van der Waals surface area (Å²) in [4.78, 5) is 51.7. The number of ether oxygens (including phenoxy) is 2. The summed E-state index contributed by atoms with van der Waals surface area (Å²) in [6, 6.07) is -2.66. The molecule has 0 saturated carbocycles. The molecule has 0 bridgehead atoms. The van der Waals surface area contributed by atoms with E-state index in [4.69, 9.17) is 20.9 Å². The first-order valence-electron chi connectivity index (χ1n) is 9.84. The molecule has 2 amide bonds. The Balaban J connectivity index is 1.74. The number of rotatable bonds is 9. The number of carbonyl (C=O) groups is 4. The van der Waals surface area contributed by atoms with Gasteiger partial charge in [0, 0.05) is 24.6 Å². The summed E-state index contributed by atoms with van der Waals surface area (Å²) >= 11 is 0. The highest BCUT2D eigenvalue weighted by molar-refractivity contribution is 8.76. The van der Waals surface area contributed by atoms with Crippen LogP contribution in [0.3, 0.4) is 0 Å². The molecule has 2 aliphatic rings. The fourth-order valence-electron chi connectivity index (χ4n) is 3.63. The van der Waals surface area contributed by atoms with E-state index < -0.39 is 36.1 Å². The molecule has 2 saturated heterocycles. The molecule has 12 heteroatoms. The van der Waals surface area contributed by atoms with E-state index in [1.165, 1.54) is 45.6 Å². The number of esters is 2. The predicted molar refractivity (Wildman–Crippen MR) is 114 cm³/mol. The van der Waals surface area contributed by atoms with Gasteiger partial charge in [-0.15, -0.1) is 0 Å². The Kier molecular flexibility index (Phi) is 9.72. The number of amides is 2. The zero-order valence-corrected chi connectivity index (χ0v) is 18.9. The Labute approximate surface area is 184 Å². The Hall–Kier alpha value is -1.50. The third kappa shape index (κ3) is 6.02. The van der Waals surface area contributed by atoms with E-state index >= 15 is 0 Å². The molecule has 0 aliphatic carbocycles. The quantitative estimate of drug-likeness (QED) is 0.257. The largest absolute Gasteiger partial charge is 0.467 e. The maximum atomic E-state index is 12.6. The van der Waals surface area contributed by atoms with Gasteiger partial charge in [-0.3, -0.25) is 9.59 Å². The van der Waals surface area contributed by atoms with E-state index in [-0.39, 0.29) is 11.8 Å². The molecule has 2 heterocycles. The third-order valence-electron chi connectivity index (χ3n) is 5.23. The van der Waals surface area contributed by atoms with Gasteiger partial charge >= 0.3 is 11.9 Å². The van der Waals surface area contributed by atoms with Crippen LogP contribution in [0, 0.1) is 0 Å². The molecule has 0 spiro atoms. The van der Waals surface area contributed by atoms with E-state index in [9.17, 15) is 19.2 Å². The second kappa shape index (κ2) is 11.8. The number of nitrogens with two attached hydrogens (primary N) is 2. The van der Waals surface area contributed by atoms with Gasteiger partial charge in [0.05, 0.1) is 26.3 Å². The Bertz CT molecular complexity index is 598. The van der Waals surface area contributed by atoms with E-state index in [1.54, 1.807) is 0 Å². The van der Waals surface area contributed by atoms with Gasteiger partial charge in [0.1, 0.15) is 12.1 Å². The molecular weight excluding hydrogens is 432 g/mol. The molecule has 2 fully saturated rings. The summed E-state index contributed by atoms with van der Waals surface area (Å²) in [6.45, 7) is 0.974. The van der Waals surface area contributed by atoms with Crippen molar-refractivity contribution < 1.29 is 28.7 Å². The molecule has 2 aliphatic heterocycles. The van der Waals surface area contributed by atoms with E-state index in [0.717, 1.165) is 12.8 Å². The minimum absolute atomic E-state index is 0.283. The van der Waals surface area contributed by atoms with Crippen LogP contribution in [0.15, 0.2) is 0 Å². The SMILES string of the molecule is COC(=O)[C@@H]1CCCN1C(=O)[C@@H](N)CSSC[C@H](N)C(=O)N1CCC[C@H]1C(=O)OC. The van der Waals surface area contributed by atoms with Crippen molar-refractivity contribution in [2.75, 3.05) is 38.8 Å². The number of carbonyl (C=O) groups excluding carboxylic acids is 4. The number of hydrogen-bond acceptors (Lipinski definition) is 10. The zero-order chi connectivity index (χ0) is 22.3. The average molecular weight is 463 g/mol. The number of methoxy groups -OCH3 is 2. The van der Waals surface area contributed by atoms with Crippen LogP contribution in [0.4, 0.5) is 0 Å². The maximum Gasteiger partial charge on any atom is 0.328 e. The monoisotopic (exact) mass is 462 g/mol. The van der Waals surface area contributed by atoms with Crippen molar-refractivity contribution in [1.82, 2.24) is 9.80 Å². The van der Waals surface area contributed by atoms with Crippen LogP contribution >= 0.6 is 21.6 Å². The van der Waals surface area contributed by atoms with E-state index in [1.807, 2.05) is 0 Å². The molecule has 0 aromatic carbocycles. The number of likely N-dealkylation sites (tertiary alicyclic amines) is 2. The lowest BCUT2D eigenvalue weighted by molar-refractivity contribution is -0.151. The first-order valence-corrected chi connectivity index (χ1v) is 12.3. The lowest BCUT2D eigenvalue weighted by Gasteiger charge is -2.26. The molecule has 0 aromatic rings. The molecule has 0 unspecified atom stereocenters. The smallest absolute Gasteiger partial charge is 0.328 e. The number of nitrogens with zero attached hydrogens (tertiary/aromatic N) is 2.